The predicted molar refractivity (Wildman–Crippen MR) is 75.7 cm³/mol. The molecule has 0 aromatic heterocycles. The quantitative estimate of drug-likeness (QED) is 0.710. The van der Waals surface area contributed by atoms with E-state index in [2.05, 4.69) is 5.32 Å². The van der Waals surface area contributed by atoms with E-state index in [1.165, 1.54) is 0 Å². The third-order valence-electron chi connectivity index (χ3n) is 2.42. The van der Waals surface area contributed by atoms with Gasteiger partial charge in [-0.05, 0) is 25.5 Å². The van der Waals surface area contributed by atoms with E-state index in [0.717, 1.165) is 0 Å². The van der Waals surface area contributed by atoms with E-state index < -0.39 is 0 Å². The Morgan fingerprint density at radius 3 is 2.84 bits per heavy atom. The van der Waals surface area contributed by atoms with Crippen molar-refractivity contribution < 1.29 is 14.3 Å². The van der Waals surface area contributed by atoms with Crippen LogP contribution in [0.4, 0.5) is 0 Å². The van der Waals surface area contributed by atoms with Gasteiger partial charge in [0.2, 0.25) is 5.91 Å². The van der Waals surface area contributed by atoms with Crippen molar-refractivity contribution in [2.45, 2.75) is 19.8 Å². The fraction of sp³-hybridized carbons (Fsp3) is 0.500. The van der Waals surface area contributed by atoms with E-state index in [4.69, 9.17) is 21.1 Å². The molecule has 0 saturated heterocycles. The Kier molecular flexibility index (Phi) is 8.02. The fourth-order valence-electron chi connectivity index (χ4n) is 1.47. The molecule has 106 valence electrons. The van der Waals surface area contributed by atoms with E-state index in [9.17, 15) is 4.79 Å². The Bertz CT molecular complexity index is 385. The molecule has 0 aliphatic heterocycles. The minimum Gasteiger partial charge on any atom is -0.492 e. The average molecular weight is 286 g/mol. The first kappa shape index (κ1) is 15.8. The van der Waals surface area contributed by atoms with Gasteiger partial charge in [0, 0.05) is 19.6 Å². The number of halogens is 1. The van der Waals surface area contributed by atoms with Crippen molar-refractivity contribution in [2.24, 2.45) is 0 Å². The summed E-state index contributed by atoms with van der Waals surface area (Å²) < 4.78 is 10.6. The SMILES string of the molecule is CCOCCNC(=O)CCCOc1ccccc1Cl. The second-order valence-corrected chi connectivity index (χ2v) is 4.34. The van der Waals surface area contributed by atoms with E-state index in [1.54, 1.807) is 6.07 Å². The largest absolute Gasteiger partial charge is 0.492 e. The number of ether oxygens (including phenoxy) is 2. The summed E-state index contributed by atoms with van der Waals surface area (Å²) in [5, 5.41) is 3.37. The molecule has 4 nitrogen and oxygen atoms in total. The van der Waals surface area contributed by atoms with Crippen LogP contribution in [0.1, 0.15) is 19.8 Å². The van der Waals surface area contributed by atoms with Crippen LogP contribution < -0.4 is 10.1 Å². The minimum atomic E-state index is 0.0162. The number of hydrogen-bond acceptors (Lipinski definition) is 3. The van der Waals surface area contributed by atoms with Gasteiger partial charge in [-0.25, -0.2) is 0 Å². The zero-order valence-corrected chi connectivity index (χ0v) is 11.9. The lowest BCUT2D eigenvalue weighted by atomic mass is 10.3. The zero-order valence-electron chi connectivity index (χ0n) is 11.2. The number of rotatable bonds is 9. The van der Waals surface area contributed by atoms with Crippen molar-refractivity contribution >= 4 is 17.5 Å². The first-order valence-electron chi connectivity index (χ1n) is 6.45. The van der Waals surface area contributed by atoms with Crippen LogP contribution in [0.15, 0.2) is 24.3 Å². The molecule has 1 N–H and O–H groups in total. The van der Waals surface area contributed by atoms with Crippen LogP contribution in [-0.2, 0) is 9.53 Å². The van der Waals surface area contributed by atoms with Crippen molar-refractivity contribution in [3.63, 3.8) is 0 Å². The van der Waals surface area contributed by atoms with Crippen LogP contribution in [0.3, 0.4) is 0 Å². The van der Waals surface area contributed by atoms with E-state index in [-0.39, 0.29) is 5.91 Å². The molecule has 0 aliphatic rings. The maximum atomic E-state index is 11.4. The summed E-state index contributed by atoms with van der Waals surface area (Å²) in [6, 6.07) is 7.30. The van der Waals surface area contributed by atoms with Crippen molar-refractivity contribution in [1.82, 2.24) is 5.32 Å². The summed E-state index contributed by atoms with van der Waals surface area (Å²) in [6.45, 7) is 4.18. The third-order valence-corrected chi connectivity index (χ3v) is 2.73. The Labute approximate surface area is 119 Å². The van der Waals surface area contributed by atoms with Gasteiger partial charge in [0.25, 0.3) is 0 Å². The molecular weight excluding hydrogens is 266 g/mol. The molecule has 1 aromatic rings. The maximum Gasteiger partial charge on any atom is 0.220 e. The van der Waals surface area contributed by atoms with Gasteiger partial charge in [-0.15, -0.1) is 0 Å². The molecular formula is C14H20ClNO3. The van der Waals surface area contributed by atoms with Crippen LogP contribution in [0.2, 0.25) is 5.02 Å². The van der Waals surface area contributed by atoms with E-state index in [0.29, 0.717) is 50.0 Å². The average Bonchev–Trinajstić information content (AvgIpc) is 2.41. The molecule has 0 spiro atoms. The smallest absolute Gasteiger partial charge is 0.220 e. The predicted octanol–water partition coefficient (Wildman–Crippen LogP) is 2.65. The van der Waals surface area contributed by atoms with Crippen LogP contribution in [-0.4, -0.2) is 32.3 Å². The molecule has 1 aromatic carbocycles. The lowest BCUT2D eigenvalue weighted by molar-refractivity contribution is -0.121. The highest BCUT2D eigenvalue weighted by atomic mass is 35.5. The highest BCUT2D eigenvalue weighted by Crippen LogP contribution is 2.23. The molecule has 5 heteroatoms. The van der Waals surface area contributed by atoms with Gasteiger partial charge in [-0.2, -0.15) is 0 Å². The van der Waals surface area contributed by atoms with Crippen molar-refractivity contribution in [3.8, 4) is 5.75 Å². The monoisotopic (exact) mass is 285 g/mol. The van der Waals surface area contributed by atoms with Crippen LogP contribution >= 0.6 is 11.6 Å². The highest BCUT2D eigenvalue weighted by Gasteiger charge is 2.02. The summed E-state index contributed by atoms with van der Waals surface area (Å²) in [6.07, 6.45) is 1.10. The zero-order chi connectivity index (χ0) is 13.9. The first-order valence-corrected chi connectivity index (χ1v) is 6.83. The highest BCUT2D eigenvalue weighted by molar-refractivity contribution is 6.32. The Balaban J connectivity index is 2.07. The summed E-state index contributed by atoms with van der Waals surface area (Å²) in [5.41, 5.74) is 0. The van der Waals surface area contributed by atoms with Gasteiger partial charge in [0.05, 0.1) is 18.2 Å². The molecule has 0 saturated carbocycles. The fourth-order valence-corrected chi connectivity index (χ4v) is 1.66. The van der Waals surface area contributed by atoms with Gasteiger partial charge in [-0.3, -0.25) is 4.79 Å². The molecule has 0 bridgehead atoms. The number of hydrogen-bond donors (Lipinski definition) is 1. The lowest BCUT2D eigenvalue weighted by Gasteiger charge is -2.08. The number of para-hydroxylation sites is 1. The second kappa shape index (κ2) is 9.64. The Morgan fingerprint density at radius 2 is 2.11 bits per heavy atom. The van der Waals surface area contributed by atoms with Gasteiger partial charge in [0.1, 0.15) is 5.75 Å². The number of carbonyl (C=O) groups excluding carboxylic acids is 1. The summed E-state index contributed by atoms with van der Waals surface area (Å²) in [5.74, 6) is 0.670. The van der Waals surface area contributed by atoms with E-state index in [1.807, 2.05) is 25.1 Å². The molecule has 0 aliphatic carbocycles. The van der Waals surface area contributed by atoms with Gasteiger partial charge in [-0.1, -0.05) is 23.7 Å². The van der Waals surface area contributed by atoms with Crippen LogP contribution in [0.25, 0.3) is 0 Å². The maximum absolute atomic E-state index is 11.4. The Hall–Kier alpha value is -1.26. The first-order chi connectivity index (χ1) is 9.24. The number of amides is 1. The number of carbonyl (C=O) groups is 1. The molecule has 0 atom stereocenters. The van der Waals surface area contributed by atoms with Gasteiger partial charge >= 0.3 is 0 Å². The summed E-state index contributed by atoms with van der Waals surface area (Å²) >= 11 is 5.95. The van der Waals surface area contributed by atoms with Gasteiger partial charge < -0.3 is 14.8 Å². The minimum absolute atomic E-state index is 0.0162. The third kappa shape index (κ3) is 7.03. The second-order valence-electron chi connectivity index (χ2n) is 3.93. The van der Waals surface area contributed by atoms with E-state index >= 15 is 0 Å². The topological polar surface area (TPSA) is 47.6 Å². The molecule has 0 unspecified atom stereocenters. The van der Waals surface area contributed by atoms with Gasteiger partial charge in [0.15, 0.2) is 0 Å². The lowest BCUT2D eigenvalue weighted by Crippen LogP contribution is -2.27. The molecule has 1 amide bonds. The summed E-state index contributed by atoms with van der Waals surface area (Å²) in [4.78, 5) is 11.4. The molecule has 0 radical (unpaired) electrons. The number of benzene rings is 1. The molecule has 0 heterocycles. The molecule has 0 fully saturated rings. The normalized spacial score (nSPS) is 10.2. The Morgan fingerprint density at radius 1 is 1.32 bits per heavy atom. The van der Waals surface area contributed by atoms with Crippen molar-refractivity contribution in [2.75, 3.05) is 26.4 Å². The van der Waals surface area contributed by atoms with Crippen molar-refractivity contribution in [3.05, 3.63) is 29.3 Å². The molecule has 1 rings (SSSR count). The van der Waals surface area contributed by atoms with Crippen molar-refractivity contribution in [1.29, 1.82) is 0 Å². The summed E-state index contributed by atoms with van der Waals surface area (Å²) in [7, 11) is 0. The number of nitrogens with one attached hydrogen (secondary N) is 1. The van der Waals surface area contributed by atoms with Crippen LogP contribution in [0, 0.1) is 0 Å². The van der Waals surface area contributed by atoms with Crippen LogP contribution in [0.5, 0.6) is 5.75 Å². The standard InChI is InChI=1S/C14H20ClNO3/c1-2-18-11-9-16-14(17)8-5-10-19-13-7-4-3-6-12(13)15/h3-4,6-7H,2,5,8-11H2,1H3,(H,16,17). The molecule has 19 heavy (non-hydrogen) atoms.